The summed E-state index contributed by atoms with van der Waals surface area (Å²) in [7, 11) is 1.60. The molecule has 1 unspecified atom stereocenters. The normalized spacial score (nSPS) is 14.1. The number of likely N-dealkylation sites (N-methyl/N-ethyl adjacent to an activating group) is 1. The quantitative estimate of drug-likeness (QED) is 0.256. The smallest absolute Gasteiger partial charge is 0.410 e. The summed E-state index contributed by atoms with van der Waals surface area (Å²) in [5.74, 6) is 0.0319. The van der Waals surface area contributed by atoms with E-state index in [1.54, 1.807) is 27.8 Å². The third-order valence-corrected chi connectivity index (χ3v) is 2.69. The van der Waals surface area contributed by atoms with Crippen LogP contribution in [0.5, 0.6) is 0 Å². The lowest BCUT2D eigenvalue weighted by Gasteiger charge is -2.30. The number of unbranched alkanes of at least 4 members (excludes halogenated alkanes) is 2. The minimum absolute atomic E-state index is 0.0319. The molecule has 0 radical (unpaired) electrons. The summed E-state index contributed by atoms with van der Waals surface area (Å²) in [5, 5.41) is 11.8. The van der Waals surface area contributed by atoms with Gasteiger partial charge in [-0.15, -0.1) is 0 Å². The van der Waals surface area contributed by atoms with Gasteiger partial charge in [-0.2, -0.15) is 0 Å². The van der Waals surface area contributed by atoms with E-state index in [-0.39, 0.29) is 5.84 Å². The molecule has 0 rings (SSSR count). The maximum Gasteiger partial charge on any atom is 0.410 e. The van der Waals surface area contributed by atoms with Gasteiger partial charge in [-0.3, -0.25) is 0 Å². The van der Waals surface area contributed by atoms with Crippen molar-refractivity contribution < 1.29 is 14.7 Å². The Bertz CT molecular complexity index is 311. The molecule has 6 nitrogen and oxygen atoms in total. The molecule has 6 heteroatoms. The molecule has 0 saturated heterocycles. The van der Waals surface area contributed by atoms with Crippen LogP contribution < -0.4 is 5.73 Å². The first kappa shape index (κ1) is 17.5. The number of amidine groups is 1. The van der Waals surface area contributed by atoms with Crippen molar-refractivity contribution >= 4 is 11.9 Å². The number of ether oxygens (including phenoxy) is 1. The zero-order chi connectivity index (χ0) is 15.1. The van der Waals surface area contributed by atoms with Crippen molar-refractivity contribution in [3.05, 3.63) is 0 Å². The molecule has 0 fully saturated rings. The Hall–Kier alpha value is -1.46. The molecule has 112 valence electrons. The van der Waals surface area contributed by atoms with E-state index in [4.69, 9.17) is 15.7 Å². The van der Waals surface area contributed by atoms with Crippen molar-refractivity contribution in [1.82, 2.24) is 4.90 Å². The minimum atomic E-state index is -0.565. The maximum absolute atomic E-state index is 12.0. The molecular weight excluding hydrogens is 246 g/mol. The van der Waals surface area contributed by atoms with Gasteiger partial charge in [0.2, 0.25) is 0 Å². The summed E-state index contributed by atoms with van der Waals surface area (Å²) in [5.41, 5.74) is 5.09. The average Bonchev–Trinajstić information content (AvgIpc) is 2.31. The van der Waals surface area contributed by atoms with E-state index < -0.39 is 17.7 Å². The van der Waals surface area contributed by atoms with E-state index >= 15 is 0 Å². The first-order valence-electron chi connectivity index (χ1n) is 6.66. The molecule has 0 bridgehead atoms. The van der Waals surface area contributed by atoms with E-state index in [2.05, 4.69) is 12.1 Å². The Morgan fingerprint density at radius 1 is 1.42 bits per heavy atom. The highest BCUT2D eigenvalue weighted by atomic mass is 16.6. The molecule has 1 amide bonds. The number of nitrogens with two attached hydrogens (primary N) is 1. The molecule has 19 heavy (non-hydrogen) atoms. The van der Waals surface area contributed by atoms with E-state index in [9.17, 15) is 4.79 Å². The van der Waals surface area contributed by atoms with Crippen LogP contribution in [0.1, 0.15) is 53.4 Å². The molecule has 0 aliphatic carbocycles. The van der Waals surface area contributed by atoms with Gasteiger partial charge in [-0.1, -0.05) is 31.3 Å². The second kappa shape index (κ2) is 7.86. The Balaban J connectivity index is 4.70. The minimum Gasteiger partial charge on any atom is -0.444 e. The Morgan fingerprint density at radius 3 is 2.42 bits per heavy atom. The van der Waals surface area contributed by atoms with Crippen LogP contribution in [-0.4, -0.2) is 40.7 Å². The van der Waals surface area contributed by atoms with Crippen molar-refractivity contribution in [3.63, 3.8) is 0 Å². The monoisotopic (exact) mass is 273 g/mol. The lowest BCUT2D eigenvalue weighted by Crippen LogP contribution is -2.47. The number of hydrogen-bond donors (Lipinski definition) is 2. The largest absolute Gasteiger partial charge is 0.444 e. The molecule has 0 aromatic carbocycles. The van der Waals surface area contributed by atoms with Gasteiger partial charge in [0.15, 0.2) is 5.84 Å². The van der Waals surface area contributed by atoms with Crippen molar-refractivity contribution in [2.75, 3.05) is 7.05 Å². The third-order valence-electron chi connectivity index (χ3n) is 2.69. The van der Waals surface area contributed by atoms with Gasteiger partial charge in [0.05, 0.1) is 6.04 Å². The number of amides is 1. The van der Waals surface area contributed by atoms with Crippen molar-refractivity contribution in [2.45, 2.75) is 65.0 Å². The molecule has 0 aliphatic heterocycles. The van der Waals surface area contributed by atoms with Gasteiger partial charge in [-0.05, 0) is 27.2 Å². The zero-order valence-corrected chi connectivity index (χ0v) is 12.6. The number of carbonyl (C=O) groups is 1. The standard InChI is InChI=1S/C13H27N3O3/c1-6-7-8-9-10(11(14)15-18)16(5)12(17)19-13(2,3)4/h10,18H,6-9H2,1-5H3,(H2,14,15). The summed E-state index contributed by atoms with van der Waals surface area (Å²) in [6.45, 7) is 7.49. The molecule has 0 aliphatic rings. The van der Waals surface area contributed by atoms with Crippen LogP contribution in [0.25, 0.3) is 0 Å². The highest BCUT2D eigenvalue weighted by Gasteiger charge is 2.27. The Morgan fingerprint density at radius 2 is 2.00 bits per heavy atom. The predicted molar refractivity (Wildman–Crippen MR) is 75.3 cm³/mol. The number of nitrogens with zero attached hydrogens (tertiary/aromatic N) is 2. The second-order valence-electron chi connectivity index (χ2n) is 5.63. The van der Waals surface area contributed by atoms with Gasteiger partial charge in [0.25, 0.3) is 0 Å². The summed E-state index contributed by atoms with van der Waals surface area (Å²) in [6.07, 6.45) is 3.20. The van der Waals surface area contributed by atoms with E-state index in [1.807, 2.05) is 0 Å². The van der Waals surface area contributed by atoms with Crippen LogP contribution in [0.15, 0.2) is 5.16 Å². The van der Waals surface area contributed by atoms with E-state index in [0.717, 1.165) is 19.3 Å². The SMILES string of the molecule is CCCCCC(/C(N)=N/O)N(C)C(=O)OC(C)(C)C. The number of hydrogen-bond acceptors (Lipinski definition) is 4. The fourth-order valence-electron chi connectivity index (χ4n) is 1.66. The Labute approximate surface area is 115 Å². The highest BCUT2D eigenvalue weighted by molar-refractivity contribution is 5.88. The van der Waals surface area contributed by atoms with Crippen LogP contribution in [0.2, 0.25) is 0 Å². The fraction of sp³-hybridized carbons (Fsp3) is 0.846. The lowest BCUT2D eigenvalue weighted by molar-refractivity contribution is 0.0258. The van der Waals surface area contributed by atoms with Crippen molar-refractivity contribution in [2.24, 2.45) is 10.9 Å². The van der Waals surface area contributed by atoms with Crippen molar-refractivity contribution in [3.8, 4) is 0 Å². The molecule has 0 aromatic rings. The number of rotatable bonds is 6. The zero-order valence-electron chi connectivity index (χ0n) is 12.6. The van der Waals surface area contributed by atoms with Gasteiger partial charge in [0.1, 0.15) is 5.60 Å². The fourth-order valence-corrected chi connectivity index (χ4v) is 1.66. The van der Waals surface area contributed by atoms with Gasteiger partial charge in [-0.25, -0.2) is 4.79 Å². The molecule has 0 heterocycles. The third kappa shape index (κ3) is 6.88. The topological polar surface area (TPSA) is 88.2 Å². The second-order valence-corrected chi connectivity index (χ2v) is 5.63. The van der Waals surface area contributed by atoms with Crippen LogP contribution >= 0.6 is 0 Å². The van der Waals surface area contributed by atoms with E-state index in [0.29, 0.717) is 6.42 Å². The Kier molecular flexibility index (Phi) is 7.26. The van der Waals surface area contributed by atoms with E-state index in [1.165, 1.54) is 4.90 Å². The number of carbonyl (C=O) groups excluding carboxylic acids is 1. The summed E-state index contributed by atoms with van der Waals surface area (Å²) in [4.78, 5) is 13.3. The highest BCUT2D eigenvalue weighted by Crippen LogP contribution is 2.14. The lowest BCUT2D eigenvalue weighted by atomic mass is 10.1. The average molecular weight is 273 g/mol. The molecule has 0 spiro atoms. The first-order chi connectivity index (χ1) is 8.72. The summed E-state index contributed by atoms with van der Waals surface area (Å²) >= 11 is 0. The van der Waals surface area contributed by atoms with Crippen LogP contribution in [0.3, 0.4) is 0 Å². The van der Waals surface area contributed by atoms with Gasteiger partial charge < -0.3 is 20.6 Å². The van der Waals surface area contributed by atoms with Gasteiger partial charge in [0, 0.05) is 7.05 Å². The molecule has 3 N–H and O–H groups in total. The maximum atomic E-state index is 12.0. The van der Waals surface area contributed by atoms with Crippen molar-refractivity contribution in [1.29, 1.82) is 0 Å². The van der Waals surface area contributed by atoms with Gasteiger partial charge >= 0.3 is 6.09 Å². The molecular formula is C13H27N3O3. The predicted octanol–water partition coefficient (Wildman–Crippen LogP) is 2.55. The summed E-state index contributed by atoms with van der Waals surface area (Å²) in [6, 6.07) is -0.439. The van der Waals surface area contributed by atoms with Crippen LogP contribution in [-0.2, 0) is 4.74 Å². The van der Waals surface area contributed by atoms with Crippen LogP contribution in [0, 0.1) is 0 Å². The molecule has 1 atom stereocenters. The van der Waals surface area contributed by atoms with Crippen LogP contribution in [0.4, 0.5) is 4.79 Å². The summed E-state index contributed by atoms with van der Waals surface area (Å²) < 4.78 is 5.28. The molecule has 0 saturated carbocycles. The molecule has 0 aromatic heterocycles. The first-order valence-corrected chi connectivity index (χ1v) is 6.66. The number of oxime groups is 1.